The van der Waals surface area contributed by atoms with Crippen LogP contribution in [0.3, 0.4) is 0 Å². The number of hydrogen-bond donors (Lipinski definition) is 0. The van der Waals surface area contributed by atoms with E-state index in [2.05, 4.69) is 28.7 Å². The first-order valence-corrected chi connectivity index (χ1v) is 12.4. The number of hydrogen-bond acceptors (Lipinski definition) is 6. The maximum absolute atomic E-state index is 13.6. The Hall–Kier alpha value is -2.64. The van der Waals surface area contributed by atoms with Crippen LogP contribution in [-0.2, 0) is 9.59 Å². The van der Waals surface area contributed by atoms with Gasteiger partial charge in [-0.1, -0.05) is 13.0 Å². The Morgan fingerprint density at radius 3 is 2.09 bits per heavy atom. The Labute approximate surface area is 193 Å². The number of thiophene rings is 1. The summed E-state index contributed by atoms with van der Waals surface area (Å²) in [6, 6.07) is 11.8. The zero-order valence-electron chi connectivity index (χ0n) is 18.8. The van der Waals surface area contributed by atoms with Crippen molar-refractivity contribution in [2.24, 2.45) is 5.92 Å². The highest BCUT2D eigenvalue weighted by Crippen LogP contribution is 2.37. The van der Waals surface area contributed by atoms with Crippen LogP contribution in [-0.4, -0.2) is 67.9 Å². The molecule has 3 aliphatic rings. The smallest absolute Gasteiger partial charge is 0.282 e. The number of amides is 2. The molecule has 0 bridgehead atoms. The van der Waals surface area contributed by atoms with E-state index in [-0.39, 0.29) is 11.8 Å². The lowest BCUT2D eigenvalue weighted by atomic mass is 9.99. The van der Waals surface area contributed by atoms with Gasteiger partial charge >= 0.3 is 0 Å². The van der Waals surface area contributed by atoms with Crippen molar-refractivity contribution >= 4 is 40.1 Å². The fourth-order valence-corrected chi connectivity index (χ4v) is 5.56. The monoisotopic (exact) mass is 450 g/mol. The highest BCUT2D eigenvalue weighted by atomic mass is 32.1. The average molecular weight is 451 g/mol. The van der Waals surface area contributed by atoms with Crippen molar-refractivity contribution in [3.63, 3.8) is 0 Å². The van der Waals surface area contributed by atoms with Gasteiger partial charge in [0.25, 0.3) is 11.8 Å². The Morgan fingerprint density at radius 1 is 0.812 bits per heavy atom. The zero-order chi connectivity index (χ0) is 22.2. The fraction of sp³-hybridized carbons (Fsp3) is 0.440. The van der Waals surface area contributed by atoms with Crippen LogP contribution in [0.4, 0.5) is 11.4 Å². The predicted octanol–water partition coefficient (Wildman–Crippen LogP) is 3.52. The van der Waals surface area contributed by atoms with Crippen molar-refractivity contribution in [3.05, 3.63) is 52.4 Å². The van der Waals surface area contributed by atoms with Gasteiger partial charge in [0.1, 0.15) is 5.70 Å². The van der Waals surface area contributed by atoms with E-state index in [0.29, 0.717) is 17.0 Å². The van der Waals surface area contributed by atoms with E-state index < -0.39 is 0 Å². The van der Waals surface area contributed by atoms with Crippen LogP contribution in [0.5, 0.6) is 0 Å². The third-order valence-electron chi connectivity index (χ3n) is 6.90. The van der Waals surface area contributed by atoms with Gasteiger partial charge in [-0.15, -0.1) is 11.3 Å². The number of carbonyl (C=O) groups is 2. The molecular weight excluding hydrogens is 420 g/mol. The molecule has 2 amide bonds. The number of piperidine rings is 1. The number of piperazine rings is 1. The molecule has 0 unspecified atom stereocenters. The molecule has 2 saturated heterocycles. The van der Waals surface area contributed by atoms with Gasteiger partial charge in [0.05, 0.1) is 11.3 Å². The molecule has 168 valence electrons. The lowest BCUT2D eigenvalue weighted by Crippen LogP contribution is -2.46. The number of carbonyl (C=O) groups excluding carboxylic acids is 2. The minimum absolute atomic E-state index is 0.206. The Kier molecular flexibility index (Phi) is 5.78. The first kappa shape index (κ1) is 21.2. The van der Waals surface area contributed by atoms with Crippen LogP contribution in [0.2, 0.25) is 0 Å². The van der Waals surface area contributed by atoms with Crippen molar-refractivity contribution in [1.29, 1.82) is 0 Å². The topological polar surface area (TPSA) is 47.1 Å². The highest BCUT2D eigenvalue weighted by Gasteiger charge is 2.43. The highest BCUT2D eigenvalue weighted by molar-refractivity contribution is 7.11. The minimum atomic E-state index is -0.217. The van der Waals surface area contributed by atoms with Crippen molar-refractivity contribution in [2.45, 2.75) is 19.8 Å². The SMILES string of the molecule is CC1CCN(c2ccc(N3C(=O)C(c4cccs4)=C(N4CCN(C)CC4)C3=O)cc2)CC1. The van der Waals surface area contributed by atoms with Gasteiger partial charge in [0.15, 0.2) is 0 Å². The van der Waals surface area contributed by atoms with Gasteiger partial charge in [-0.3, -0.25) is 9.59 Å². The molecule has 3 aliphatic heterocycles. The second kappa shape index (κ2) is 8.71. The first-order valence-electron chi connectivity index (χ1n) is 11.5. The molecule has 6 nitrogen and oxygen atoms in total. The number of likely N-dealkylation sites (N-methyl/N-ethyl adjacent to an activating group) is 1. The number of benzene rings is 1. The molecule has 0 aliphatic carbocycles. The van der Waals surface area contributed by atoms with Gasteiger partial charge in [0.2, 0.25) is 0 Å². The summed E-state index contributed by atoms with van der Waals surface area (Å²) < 4.78 is 0. The van der Waals surface area contributed by atoms with Crippen molar-refractivity contribution in [3.8, 4) is 0 Å². The average Bonchev–Trinajstić information content (AvgIpc) is 3.41. The maximum Gasteiger partial charge on any atom is 0.282 e. The number of rotatable bonds is 4. The summed E-state index contributed by atoms with van der Waals surface area (Å²) in [6.07, 6.45) is 2.40. The molecular formula is C25H30N4O2S. The van der Waals surface area contributed by atoms with E-state index in [0.717, 1.165) is 55.8 Å². The van der Waals surface area contributed by atoms with E-state index in [4.69, 9.17) is 0 Å². The molecule has 0 N–H and O–H groups in total. The second-order valence-corrected chi connectivity index (χ2v) is 10.1. The van der Waals surface area contributed by atoms with Crippen molar-refractivity contribution < 1.29 is 9.59 Å². The third-order valence-corrected chi connectivity index (χ3v) is 7.79. The van der Waals surface area contributed by atoms with Gasteiger partial charge in [-0.2, -0.15) is 0 Å². The van der Waals surface area contributed by atoms with E-state index >= 15 is 0 Å². The molecule has 0 atom stereocenters. The first-order chi connectivity index (χ1) is 15.5. The van der Waals surface area contributed by atoms with Crippen LogP contribution in [0, 0.1) is 5.92 Å². The summed E-state index contributed by atoms with van der Waals surface area (Å²) in [4.78, 5) is 36.1. The summed E-state index contributed by atoms with van der Waals surface area (Å²) in [6.45, 7) is 7.68. The fourth-order valence-electron chi connectivity index (χ4n) is 4.80. The molecule has 5 rings (SSSR count). The van der Waals surface area contributed by atoms with Crippen LogP contribution in [0.15, 0.2) is 47.5 Å². The predicted molar refractivity (Wildman–Crippen MR) is 130 cm³/mol. The number of imide groups is 1. The molecule has 0 spiro atoms. The van der Waals surface area contributed by atoms with E-state index in [1.54, 1.807) is 0 Å². The van der Waals surface area contributed by atoms with Gasteiger partial charge in [-0.25, -0.2) is 4.90 Å². The molecule has 1 aromatic heterocycles. The summed E-state index contributed by atoms with van der Waals surface area (Å²) in [7, 11) is 2.09. The molecule has 2 fully saturated rings. The quantitative estimate of drug-likeness (QED) is 0.667. The second-order valence-electron chi connectivity index (χ2n) is 9.12. The molecule has 1 aromatic carbocycles. The van der Waals surface area contributed by atoms with Crippen molar-refractivity contribution in [2.75, 3.05) is 56.1 Å². The molecule has 32 heavy (non-hydrogen) atoms. The number of anilines is 2. The molecule has 4 heterocycles. The summed E-state index contributed by atoms with van der Waals surface area (Å²) in [5.74, 6) is 0.355. The standard InChI is InChI=1S/C25H30N4O2S/c1-18-9-11-27(12-10-18)19-5-7-20(8-6-19)29-24(30)22(21-4-3-17-32-21)23(25(29)31)28-15-13-26(2)14-16-28/h3-8,17-18H,9-16H2,1-2H3. The molecule has 2 aromatic rings. The van der Waals surface area contributed by atoms with Gasteiger partial charge < -0.3 is 14.7 Å². The summed E-state index contributed by atoms with van der Waals surface area (Å²) in [5.41, 5.74) is 2.90. The van der Waals surface area contributed by atoms with E-state index in [1.165, 1.54) is 29.1 Å². The zero-order valence-corrected chi connectivity index (χ0v) is 19.6. The Bertz CT molecular complexity index is 1010. The van der Waals surface area contributed by atoms with E-state index in [9.17, 15) is 9.59 Å². The minimum Gasteiger partial charge on any atom is -0.372 e. The lowest BCUT2D eigenvalue weighted by molar-refractivity contribution is -0.120. The lowest BCUT2D eigenvalue weighted by Gasteiger charge is -2.34. The van der Waals surface area contributed by atoms with E-state index in [1.807, 2.05) is 41.8 Å². The molecule has 0 saturated carbocycles. The summed E-state index contributed by atoms with van der Waals surface area (Å²) in [5, 5.41) is 1.96. The third kappa shape index (κ3) is 3.84. The van der Waals surface area contributed by atoms with Crippen LogP contribution >= 0.6 is 11.3 Å². The molecule has 7 heteroatoms. The Morgan fingerprint density at radius 2 is 1.47 bits per heavy atom. The summed E-state index contributed by atoms with van der Waals surface area (Å²) >= 11 is 1.51. The van der Waals surface area contributed by atoms with Crippen LogP contribution < -0.4 is 9.80 Å². The largest absolute Gasteiger partial charge is 0.372 e. The van der Waals surface area contributed by atoms with Crippen molar-refractivity contribution in [1.82, 2.24) is 9.80 Å². The normalized spacial score (nSPS) is 21.2. The number of nitrogens with zero attached hydrogens (tertiary/aromatic N) is 4. The maximum atomic E-state index is 13.6. The van der Waals surface area contributed by atoms with Gasteiger partial charge in [0, 0.05) is 49.8 Å². The van der Waals surface area contributed by atoms with Crippen LogP contribution in [0.1, 0.15) is 24.6 Å². The Balaban J connectivity index is 1.43. The van der Waals surface area contributed by atoms with Gasteiger partial charge in [-0.05, 0) is 61.5 Å². The molecule has 0 radical (unpaired) electrons. The van der Waals surface area contributed by atoms with Crippen LogP contribution in [0.25, 0.3) is 5.57 Å².